The van der Waals surface area contributed by atoms with Crippen molar-refractivity contribution in [2.45, 2.75) is 44.9 Å². The highest BCUT2D eigenvalue weighted by molar-refractivity contribution is 6.08. The maximum atomic E-state index is 12.8. The highest BCUT2D eigenvalue weighted by Gasteiger charge is 2.46. The molecule has 4 N–H and O–H groups in total. The molecule has 2 unspecified atom stereocenters. The van der Waals surface area contributed by atoms with E-state index in [-0.39, 0.29) is 18.6 Å². The zero-order valence-corrected chi connectivity index (χ0v) is 17.6. The molecule has 0 aliphatic carbocycles. The highest BCUT2D eigenvalue weighted by atomic mass is 16.5. The largest absolute Gasteiger partial charge is 0.493 e. The Hall–Kier alpha value is -3.74. The van der Waals surface area contributed by atoms with Crippen molar-refractivity contribution in [3.8, 4) is 23.3 Å². The third-order valence-corrected chi connectivity index (χ3v) is 5.04. The fourth-order valence-corrected chi connectivity index (χ4v) is 3.45. The fraction of sp³-hybridized carbons (Fsp3) is 0.429. The van der Waals surface area contributed by atoms with Crippen molar-refractivity contribution < 1.29 is 23.9 Å². The van der Waals surface area contributed by atoms with E-state index in [1.807, 2.05) is 13.8 Å². The minimum atomic E-state index is -0.686. The van der Waals surface area contributed by atoms with Crippen molar-refractivity contribution in [2.24, 2.45) is 10.7 Å². The van der Waals surface area contributed by atoms with Gasteiger partial charge in [-0.15, -0.1) is 0 Å². The Morgan fingerprint density at radius 1 is 1.23 bits per heavy atom. The molecule has 1 fully saturated rings. The molecule has 164 valence electrons. The molecule has 1 aromatic carbocycles. The summed E-state index contributed by atoms with van der Waals surface area (Å²) in [6.45, 7) is 3.61. The number of nitrogens with two attached hydrogens (primary N) is 1. The lowest BCUT2D eigenvalue weighted by atomic mass is 10.1. The number of ether oxygens (including phenoxy) is 2. The number of carbonyl (C=O) groups excluding carboxylic acids is 3. The van der Waals surface area contributed by atoms with Gasteiger partial charge in [0.15, 0.2) is 30.1 Å². The van der Waals surface area contributed by atoms with E-state index < -0.39 is 24.1 Å². The molecule has 0 saturated carbocycles. The molecule has 3 rings (SSSR count). The van der Waals surface area contributed by atoms with Crippen LogP contribution >= 0.6 is 0 Å². The number of hydrogen-bond donors (Lipinski definition) is 3. The average molecular weight is 427 g/mol. The molecule has 0 spiro atoms. The van der Waals surface area contributed by atoms with Crippen molar-refractivity contribution >= 4 is 23.7 Å². The van der Waals surface area contributed by atoms with Crippen molar-refractivity contribution in [3.63, 3.8) is 0 Å². The zero-order chi connectivity index (χ0) is 22.5. The maximum absolute atomic E-state index is 12.8. The SMILES string of the molecule is CCC(CC)N1C(=O)NC2N=C(C#Cc3ccc(OCC(N)=O)c(OC)c3)NC2C1=O. The summed E-state index contributed by atoms with van der Waals surface area (Å²) < 4.78 is 10.6. The monoisotopic (exact) mass is 427 g/mol. The predicted molar refractivity (Wildman–Crippen MR) is 112 cm³/mol. The third-order valence-electron chi connectivity index (χ3n) is 5.04. The van der Waals surface area contributed by atoms with Crippen LogP contribution in [0.25, 0.3) is 0 Å². The number of nitrogens with one attached hydrogen (secondary N) is 2. The van der Waals surface area contributed by atoms with E-state index in [0.717, 1.165) is 0 Å². The summed E-state index contributed by atoms with van der Waals surface area (Å²) in [7, 11) is 1.47. The van der Waals surface area contributed by atoms with Crippen molar-refractivity contribution in [2.75, 3.05) is 13.7 Å². The van der Waals surface area contributed by atoms with Gasteiger partial charge in [0.05, 0.1) is 7.11 Å². The number of fused-ring (bicyclic) bond motifs is 1. The molecule has 0 radical (unpaired) electrons. The summed E-state index contributed by atoms with van der Waals surface area (Å²) in [5.74, 6) is 5.98. The number of primary amides is 1. The van der Waals surface area contributed by atoms with E-state index in [2.05, 4.69) is 27.5 Å². The molecule has 10 nitrogen and oxygen atoms in total. The third kappa shape index (κ3) is 4.71. The van der Waals surface area contributed by atoms with Gasteiger partial charge in [-0.1, -0.05) is 19.8 Å². The van der Waals surface area contributed by atoms with Crippen LogP contribution in [-0.2, 0) is 9.59 Å². The number of amidine groups is 1. The van der Waals surface area contributed by atoms with Crippen LogP contribution < -0.4 is 25.8 Å². The lowest BCUT2D eigenvalue weighted by Gasteiger charge is -2.36. The molecule has 0 bridgehead atoms. The number of hydrogen-bond acceptors (Lipinski definition) is 7. The first-order valence-electron chi connectivity index (χ1n) is 9.97. The van der Waals surface area contributed by atoms with Gasteiger partial charge in [0.1, 0.15) is 6.04 Å². The van der Waals surface area contributed by atoms with Gasteiger partial charge < -0.3 is 25.8 Å². The number of amides is 4. The van der Waals surface area contributed by atoms with Gasteiger partial charge in [-0.2, -0.15) is 0 Å². The summed E-state index contributed by atoms with van der Waals surface area (Å²) in [4.78, 5) is 41.7. The van der Waals surface area contributed by atoms with Crippen LogP contribution in [0.15, 0.2) is 23.2 Å². The van der Waals surface area contributed by atoms with Crippen LogP contribution in [0.1, 0.15) is 32.3 Å². The second-order valence-electron chi connectivity index (χ2n) is 7.04. The Balaban J connectivity index is 1.74. The summed E-state index contributed by atoms with van der Waals surface area (Å²) >= 11 is 0. The molecule has 1 aromatic rings. The van der Waals surface area contributed by atoms with Gasteiger partial charge in [0, 0.05) is 11.6 Å². The Kier molecular flexibility index (Phi) is 6.65. The van der Waals surface area contributed by atoms with Gasteiger partial charge in [0.2, 0.25) is 0 Å². The smallest absolute Gasteiger partial charge is 0.326 e. The van der Waals surface area contributed by atoms with Crippen LogP contribution in [0.2, 0.25) is 0 Å². The van der Waals surface area contributed by atoms with Crippen molar-refractivity contribution in [3.05, 3.63) is 23.8 Å². The Morgan fingerprint density at radius 2 is 1.97 bits per heavy atom. The molecule has 10 heteroatoms. The molecule has 2 heterocycles. The zero-order valence-electron chi connectivity index (χ0n) is 17.6. The summed E-state index contributed by atoms with van der Waals surface area (Å²) in [6.07, 6.45) is 0.678. The highest BCUT2D eigenvalue weighted by Crippen LogP contribution is 2.27. The van der Waals surface area contributed by atoms with E-state index in [0.29, 0.717) is 35.7 Å². The number of carbonyl (C=O) groups is 3. The first-order valence-corrected chi connectivity index (χ1v) is 9.97. The number of rotatable bonds is 7. The second kappa shape index (κ2) is 9.38. The normalized spacial score (nSPS) is 19.6. The summed E-state index contributed by atoms with van der Waals surface area (Å²) in [5, 5.41) is 5.76. The van der Waals surface area contributed by atoms with Crippen LogP contribution in [0.5, 0.6) is 11.5 Å². The van der Waals surface area contributed by atoms with E-state index in [4.69, 9.17) is 15.2 Å². The maximum Gasteiger partial charge on any atom is 0.326 e. The molecule has 31 heavy (non-hydrogen) atoms. The first-order chi connectivity index (χ1) is 14.9. The van der Waals surface area contributed by atoms with E-state index in [1.165, 1.54) is 12.0 Å². The Labute approximate surface area is 180 Å². The predicted octanol–water partition coefficient (Wildman–Crippen LogP) is 0.348. The van der Waals surface area contributed by atoms with Gasteiger partial charge in [-0.3, -0.25) is 14.5 Å². The number of nitrogens with zero attached hydrogens (tertiary/aromatic N) is 2. The van der Waals surface area contributed by atoms with E-state index in [1.54, 1.807) is 18.2 Å². The van der Waals surface area contributed by atoms with E-state index in [9.17, 15) is 14.4 Å². The molecular weight excluding hydrogens is 402 g/mol. The standard InChI is InChI=1S/C21H25N5O5/c1-4-13(5-2)26-20(28)18-19(25-21(26)29)24-17(23-18)9-7-12-6-8-14(15(10-12)30-3)31-11-16(22)27/h6,8,10,13,18-19H,4-5,11H2,1-3H3,(H2,22,27)(H,23,24)(H,25,29). The molecule has 0 aromatic heterocycles. The fourth-order valence-electron chi connectivity index (χ4n) is 3.45. The van der Waals surface area contributed by atoms with Crippen molar-refractivity contribution in [1.82, 2.24) is 15.5 Å². The number of urea groups is 1. The summed E-state index contributed by atoms with van der Waals surface area (Å²) in [5.41, 5.74) is 5.70. The quantitative estimate of drug-likeness (QED) is 0.537. The average Bonchev–Trinajstić information content (AvgIpc) is 3.16. The van der Waals surface area contributed by atoms with Crippen LogP contribution in [-0.4, -0.2) is 60.5 Å². The minimum Gasteiger partial charge on any atom is -0.493 e. The van der Waals surface area contributed by atoms with Crippen LogP contribution in [0, 0.1) is 11.8 Å². The summed E-state index contributed by atoms with van der Waals surface area (Å²) in [6, 6.07) is 3.68. The lowest BCUT2D eigenvalue weighted by Crippen LogP contribution is -2.66. The topological polar surface area (TPSA) is 135 Å². The molecule has 2 atom stereocenters. The van der Waals surface area contributed by atoms with E-state index >= 15 is 0 Å². The number of benzene rings is 1. The molecule has 2 aliphatic rings. The van der Waals surface area contributed by atoms with Gasteiger partial charge >= 0.3 is 6.03 Å². The Morgan fingerprint density at radius 3 is 2.61 bits per heavy atom. The Bertz CT molecular complexity index is 976. The first kappa shape index (κ1) is 22.0. The molecular formula is C21H25N5O5. The van der Waals surface area contributed by atoms with Crippen molar-refractivity contribution in [1.29, 1.82) is 0 Å². The van der Waals surface area contributed by atoms with Gasteiger partial charge in [-0.25, -0.2) is 9.79 Å². The van der Waals surface area contributed by atoms with Gasteiger partial charge in [-0.05, 0) is 37.0 Å². The minimum absolute atomic E-state index is 0.159. The second-order valence-corrected chi connectivity index (χ2v) is 7.04. The van der Waals surface area contributed by atoms with Gasteiger partial charge in [0.25, 0.3) is 11.8 Å². The van der Waals surface area contributed by atoms with Crippen LogP contribution in [0.3, 0.4) is 0 Å². The lowest BCUT2D eigenvalue weighted by molar-refractivity contribution is -0.134. The van der Waals surface area contributed by atoms with Crippen LogP contribution in [0.4, 0.5) is 4.79 Å². The number of aliphatic imine (C=N–C) groups is 1. The molecule has 4 amide bonds. The number of imide groups is 1. The molecule has 2 aliphatic heterocycles. The molecule has 1 saturated heterocycles. The number of methoxy groups -OCH3 is 1.